The average Bonchev–Trinajstić information content (AvgIpc) is 2.71. The Balaban J connectivity index is 2.45. The topological polar surface area (TPSA) is 85.7 Å². The Labute approximate surface area is 181 Å². The first-order chi connectivity index (χ1) is 13.4. The van der Waals surface area contributed by atoms with Crippen molar-refractivity contribution in [3.8, 4) is 6.07 Å². The third-order valence-corrected chi connectivity index (χ3v) is 5.07. The summed E-state index contributed by atoms with van der Waals surface area (Å²) in [5, 5.41) is 13.2. The first kappa shape index (κ1) is 22.9. The summed E-state index contributed by atoms with van der Waals surface area (Å²) in [6, 6.07) is 5.44. The van der Waals surface area contributed by atoms with Crippen molar-refractivity contribution in [3.05, 3.63) is 22.7 Å². The van der Waals surface area contributed by atoms with Gasteiger partial charge in [0.25, 0.3) is 0 Å². The van der Waals surface area contributed by atoms with Gasteiger partial charge in [0.2, 0.25) is 5.91 Å². The van der Waals surface area contributed by atoms with Crippen LogP contribution in [0.2, 0.25) is 5.02 Å². The number of rotatable bonds is 3. The number of anilines is 2. The Kier molecular flexibility index (Phi) is 7.09. The van der Waals surface area contributed by atoms with E-state index in [1.165, 1.54) is 4.90 Å². The lowest BCUT2D eigenvalue weighted by molar-refractivity contribution is -0.162. The molecule has 0 saturated heterocycles. The van der Waals surface area contributed by atoms with E-state index in [0.29, 0.717) is 27.9 Å². The number of nitriles is 1. The van der Waals surface area contributed by atoms with Gasteiger partial charge in [-0.15, -0.1) is 0 Å². The van der Waals surface area contributed by atoms with Crippen molar-refractivity contribution in [3.63, 3.8) is 0 Å². The molecule has 9 heteroatoms. The molecule has 1 aromatic carbocycles. The van der Waals surface area contributed by atoms with Crippen molar-refractivity contribution in [2.24, 2.45) is 5.92 Å². The summed E-state index contributed by atoms with van der Waals surface area (Å²) < 4.78 is 5.42. The molecule has 1 aromatic rings. The molecule has 2 rings (SSSR count). The lowest BCUT2D eigenvalue weighted by Crippen LogP contribution is -2.41. The summed E-state index contributed by atoms with van der Waals surface area (Å²) >= 11 is 11.7. The molecule has 1 heterocycles. The standard InChI is InChI=1S/C20H25ClN4O3S/c1-20(2,3)28-18(27)13-7-6-12-10-14(21)15(23-19(29)24(4)5)11-16(12)25(9-8-22)17(13)26/h10-11,13H,6-7,9H2,1-5H3,(H,23,29). The van der Waals surface area contributed by atoms with Gasteiger partial charge in [-0.25, -0.2) is 0 Å². The highest BCUT2D eigenvalue weighted by Crippen LogP contribution is 2.36. The minimum atomic E-state index is -0.979. The van der Waals surface area contributed by atoms with E-state index >= 15 is 0 Å². The number of ether oxygens (including phenoxy) is 1. The molecule has 1 unspecified atom stereocenters. The Hall–Kier alpha value is -2.37. The molecule has 7 nitrogen and oxygen atoms in total. The van der Waals surface area contributed by atoms with Gasteiger partial charge in [0.05, 0.1) is 22.5 Å². The Morgan fingerprint density at radius 3 is 2.66 bits per heavy atom. The van der Waals surface area contributed by atoms with Crippen molar-refractivity contribution in [2.45, 2.75) is 39.2 Å². The van der Waals surface area contributed by atoms with Crippen molar-refractivity contribution >= 4 is 52.2 Å². The van der Waals surface area contributed by atoms with Crippen molar-refractivity contribution < 1.29 is 14.3 Å². The fraction of sp³-hybridized carbons (Fsp3) is 0.500. The van der Waals surface area contributed by atoms with E-state index in [4.69, 9.17) is 28.6 Å². The maximum atomic E-state index is 13.1. The second-order valence-electron chi connectivity index (χ2n) is 7.99. The molecule has 1 aliphatic heterocycles. The van der Waals surface area contributed by atoms with Crippen LogP contribution in [-0.4, -0.2) is 48.1 Å². The first-order valence-electron chi connectivity index (χ1n) is 9.16. The van der Waals surface area contributed by atoms with E-state index in [-0.39, 0.29) is 13.0 Å². The highest BCUT2D eigenvalue weighted by molar-refractivity contribution is 7.80. The van der Waals surface area contributed by atoms with Crippen LogP contribution < -0.4 is 10.2 Å². The summed E-state index contributed by atoms with van der Waals surface area (Å²) in [6.07, 6.45) is 0.729. The minimum absolute atomic E-state index is 0.190. The minimum Gasteiger partial charge on any atom is -0.459 e. The smallest absolute Gasteiger partial charge is 0.319 e. The number of nitrogens with one attached hydrogen (secondary N) is 1. The predicted molar refractivity (Wildman–Crippen MR) is 117 cm³/mol. The molecule has 0 radical (unpaired) electrons. The lowest BCUT2D eigenvalue weighted by Gasteiger charge is -2.26. The second-order valence-corrected chi connectivity index (χ2v) is 8.79. The Morgan fingerprint density at radius 1 is 1.45 bits per heavy atom. The molecule has 156 valence electrons. The quantitative estimate of drug-likeness (QED) is 0.336. The molecular weight excluding hydrogens is 412 g/mol. The van der Waals surface area contributed by atoms with E-state index in [1.807, 2.05) is 6.07 Å². The first-order valence-corrected chi connectivity index (χ1v) is 9.95. The number of fused-ring (bicyclic) bond motifs is 1. The fourth-order valence-electron chi connectivity index (χ4n) is 2.93. The number of halogens is 1. The molecule has 1 N–H and O–H groups in total. The van der Waals surface area contributed by atoms with Crippen molar-refractivity contribution in [2.75, 3.05) is 30.9 Å². The SMILES string of the molecule is CN(C)C(=S)Nc1cc2c(cc1Cl)CCC(C(=O)OC(C)(C)C)C(=O)N2CC#N. The van der Waals surface area contributed by atoms with Gasteiger partial charge in [0.15, 0.2) is 5.11 Å². The van der Waals surface area contributed by atoms with E-state index in [0.717, 1.165) is 5.56 Å². The van der Waals surface area contributed by atoms with Crippen LogP contribution in [0.1, 0.15) is 32.8 Å². The van der Waals surface area contributed by atoms with Gasteiger partial charge in [-0.2, -0.15) is 5.26 Å². The third-order valence-electron chi connectivity index (χ3n) is 4.29. The van der Waals surface area contributed by atoms with Gasteiger partial charge in [0, 0.05) is 14.1 Å². The Bertz CT molecular complexity index is 874. The number of thiocarbonyl (C=S) groups is 1. The van der Waals surface area contributed by atoms with E-state index < -0.39 is 23.4 Å². The number of carbonyl (C=O) groups excluding carboxylic acids is 2. The average molecular weight is 437 g/mol. The molecule has 0 bridgehead atoms. The van der Waals surface area contributed by atoms with Crippen LogP contribution in [0.15, 0.2) is 12.1 Å². The number of nitrogens with zero attached hydrogens (tertiary/aromatic N) is 3. The molecule has 0 aliphatic carbocycles. The van der Waals surface area contributed by atoms with Gasteiger partial charge in [0.1, 0.15) is 18.1 Å². The summed E-state index contributed by atoms with van der Waals surface area (Å²) in [6.45, 7) is 5.06. The summed E-state index contributed by atoms with van der Waals surface area (Å²) in [7, 11) is 3.59. The van der Waals surface area contributed by atoms with Crippen LogP contribution in [0.5, 0.6) is 0 Å². The zero-order chi connectivity index (χ0) is 21.9. The molecule has 1 atom stereocenters. The summed E-state index contributed by atoms with van der Waals surface area (Å²) in [5.41, 5.74) is 1.14. The zero-order valence-electron chi connectivity index (χ0n) is 17.2. The molecule has 0 spiro atoms. The monoisotopic (exact) mass is 436 g/mol. The molecule has 0 fully saturated rings. The van der Waals surface area contributed by atoms with Gasteiger partial charge >= 0.3 is 5.97 Å². The molecule has 29 heavy (non-hydrogen) atoms. The van der Waals surface area contributed by atoms with E-state index in [9.17, 15) is 14.9 Å². The highest BCUT2D eigenvalue weighted by atomic mass is 35.5. The number of aryl methyl sites for hydroxylation is 1. The second kappa shape index (κ2) is 8.97. The number of carbonyl (C=O) groups is 2. The van der Waals surface area contributed by atoms with Gasteiger partial charge in [-0.05, 0) is 63.5 Å². The number of hydrogen-bond acceptors (Lipinski definition) is 5. The van der Waals surface area contributed by atoms with E-state index in [2.05, 4.69) is 5.32 Å². The molecular formula is C20H25ClN4O3S. The van der Waals surface area contributed by atoms with Crippen LogP contribution in [0.25, 0.3) is 0 Å². The highest BCUT2D eigenvalue weighted by Gasteiger charge is 2.38. The molecule has 1 amide bonds. The predicted octanol–water partition coefficient (Wildman–Crippen LogP) is 3.36. The number of benzene rings is 1. The fourth-order valence-corrected chi connectivity index (χ4v) is 3.28. The summed E-state index contributed by atoms with van der Waals surface area (Å²) in [4.78, 5) is 28.8. The van der Waals surface area contributed by atoms with Gasteiger partial charge in [-0.1, -0.05) is 11.6 Å². The van der Waals surface area contributed by atoms with Crippen LogP contribution >= 0.6 is 23.8 Å². The number of esters is 1. The van der Waals surface area contributed by atoms with E-state index in [1.54, 1.807) is 51.9 Å². The molecule has 0 aromatic heterocycles. The third kappa shape index (κ3) is 5.58. The molecule has 1 aliphatic rings. The molecule has 0 saturated carbocycles. The number of amides is 1. The normalized spacial score (nSPS) is 16.4. The summed E-state index contributed by atoms with van der Waals surface area (Å²) in [5.74, 6) is -2.02. The van der Waals surface area contributed by atoms with Crippen LogP contribution in [0.3, 0.4) is 0 Å². The van der Waals surface area contributed by atoms with Gasteiger partial charge < -0.3 is 15.0 Å². The lowest BCUT2D eigenvalue weighted by atomic mass is 10.00. The van der Waals surface area contributed by atoms with Crippen LogP contribution in [0, 0.1) is 17.2 Å². The Morgan fingerprint density at radius 2 is 2.10 bits per heavy atom. The van der Waals surface area contributed by atoms with Crippen LogP contribution in [0.4, 0.5) is 11.4 Å². The zero-order valence-corrected chi connectivity index (χ0v) is 18.8. The van der Waals surface area contributed by atoms with Crippen molar-refractivity contribution in [1.82, 2.24) is 4.90 Å². The number of hydrogen-bond donors (Lipinski definition) is 1. The maximum Gasteiger partial charge on any atom is 0.319 e. The van der Waals surface area contributed by atoms with Crippen molar-refractivity contribution in [1.29, 1.82) is 5.26 Å². The largest absolute Gasteiger partial charge is 0.459 e. The maximum absolute atomic E-state index is 13.1. The van der Waals surface area contributed by atoms with Gasteiger partial charge in [-0.3, -0.25) is 14.5 Å². The van der Waals surface area contributed by atoms with Crippen LogP contribution in [-0.2, 0) is 20.7 Å².